The molecule has 4 nitrogen and oxygen atoms in total. The predicted molar refractivity (Wildman–Crippen MR) is 75.1 cm³/mol. The molecule has 0 fully saturated rings. The molecule has 2 aromatic rings. The molecule has 3 rings (SSSR count). The van der Waals surface area contributed by atoms with Crippen molar-refractivity contribution in [1.82, 2.24) is 9.97 Å². The average Bonchev–Trinajstić information content (AvgIpc) is 2.41. The lowest BCUT2D eigenvalue weighted by Crippen LogP contribution is -2.23. The summed E-state index contributed by atoms with van der Waals surface area (Å²) in [4.78, 5) is 8.44. The molecular formula is C12H8ClIN2O2. The van der Waals surface area contributed by atoms with Crippen LogP contribution in [-0.2, 0) is 0 Å². The molecule has 0 spiro atoms. The van der Waals surface area contributed by atoms with Crippen molar-refractivity contribution in [3.8, 4) is 11.5 Å². The molecule has 1 aromatic carbocycles. The Labute approximate surface area is 122 Å². The lowest BCUT2D eigenvalue weighted by Gasteiger charge is -2.25. The highest BCUT2D eigenvalue weighted by Crippen LogP contribution is 2.35. The Kier molecular flexibility index (Phi) is 3.25. The zero-order valence-corrected chi connectivity index (χ0v) is 12.1. The second-order valence-corrected chi connectivity index (χ2v) is 5.25. The highest BCUT2D eigenvalue weighted by molar-refractivity contribution is 14.1. The van der Waals surface area contributed by atoms with Crippen molar-refractivity contribution < 1.29 is 9.47 Å². The van der Waals surface area contributed by atoms with Gasteiger partial charge in [-0.3, -0.25) is 0 Å². The molecule has 0 aliphatic carbocycles. The van der Waals surface area contributed by atoms with Crippen molar-refractivity contribution in [2.45, 2.75) is 6.10 Å². The molecule has 92 valence electrons. The van der Waals surface area contributed by atoms with Gasteiger partial charge in [-0.25, -0.2) is 9.97 Å². The summed E-state index contributed by atoms with van der Waals surface area (Å²) in [6.45, 7) is 0.383. The Morgan fingerprint density at radius 1 is 1.28 bits per heavy atom. The molecule has 0 amide bonds. The van der Waals surface area contributed by atoms with Gasteiger partial charge >= 0.3 is 0 Å². The predicted octanol–water partition coefficient (Wildman–Crippen LogP) is 3.25. The summed E-state index contributed by atoms with van der Waals surface area (Å²) >= 11 is 8.06. The maximum atomic E-state index is 5.98. The number of ether oxygens (including phenoxy) is 2. The SMILES string of the molecule is Clc1nc(C2COc3ccccc3O2)ncc1I. The third-order valence-corrected chi connectivity index (χ3v) is 3.91. The Morgan fingerprint density at radius 3 is 2.83 bits per heavy atom. The lowest BCUT2D eigenvalue weighted by molar-refractivity contribution is 0.0850. The Morgan fingerprint density at radius 2 is 2.06 bits per heavy atom. The number of para-hydroxylation sites is 2. The summed E-state index contributed by atoms with van der Waals surface area (Å²) in [5, 5.41) is 0.433. The fourth-order valence-corrected chi connectivity index (χ4v) is 2.06. The van der Waals surface area contributed by atoms with Crippen LogP contribution >= 0.6 is 34.2 Å². The van der Waals surface area contributed by atoms with E-state index in [1.54, 1.807) is 6.20 Å². The minimum absolute atomic E-state index is 0.325. The lowest BCUT2D eigenvalue weighted by atomic mass is 10.2. The molecule has 18 heavy (non-hydrogen) atoms. The molecule has 0 bridgehead atoms. The molecule has 1 atom stereocenters. The maximum Gasteiger partial charge on any atom is 0.192 e. The van der Waals surface area contributed by atoms with Gasteiger partial charge < -0.3 is 9.47 Å². The molecule has 1 aliphatic heterocycles. The molecule has 0 radical (unpaired) electrons. The van der Waals surface area contributed by atoms with Gasteiger partial charge in [-0.15, -0.1) is 0 Å². The topological polar surface area (TPSA) is 44.2 Å². The molecule has 6 heteroatoms. The number of halogens is 2. The largest absolute Gasteiger partial charge is 0.485 e. The highest BCUT2D eigenvalue weighted by Gasteiger charge is 2.25. The number of hydrogen-bond acceptors (Lipinski definition) is 4. The van der Waals surface area contributed by atoms with Crippen molar-refractivity contribution in [3.63, 3.8) is 0 Å². The van der Waals surface area contributed by atoms with E-state index in [0.29, 0.717) is 23.3 Å². The zero-order chi connectivity index (χ0) is 12.5. The van der Waals surface area contributed by atoms with E-state index in [1.807, 2.05) is 24.3 Å². The van der Waals surface area contributed by atoms with Gasteiger partial charge in [0.25, 0.3) is 0 Å². The summed E-state index contributed by atoms with van der Waals surface area (Å²) in [6.07, 6.45) is 1.35. The van der Waals surface area contributed by atoms with Crippen molar-refractivity contribution in [2.75, 3.05) is 6.61 Å². The van der Waals surface area contributed by atoms with E-state index >= 15 is 0 Å². The van der Waals surface area contributed by atoms with Gasteiger partial charge in [0.2, 0.25) is 0 Å². The highest BCUT2D eigenvalue weighted by atomic mass is 127. The summed E-state index contributed by atoms with van der Waals surface area (Å²) < 4.78 is 12.2. The molecule has 0 N–H and O–H groups in total. The number of hydrogen-bond donors (Lipinski definition) is 0. The first-order chi connectivity index (χ1) is 8.74. The van der Waals surface area contributed by atoms with Crippen LogP contribution in [0.1, 0.15) is 11.9 Å². The van der Waals surface area contributed by atoms with Gasteiger partial charge in [-0.2, -0.15) is 0 Å². The Balaban J connectivity index is 1.89. The van der Waals surface area contributed by atoms with E-state index < -0.39 is 0 Å². The summed E-state index contributed by atoms with van der Waals surface area (Å²) in [5.74, 6) is 1.98. The van der Waals surface area contributed by atoms with Crippen molar-refractivity contribution in [2.24, 2.45) is 0 Å². The number of rotatable bonds is 1. The molecule has 0 saturated heterocycles. The van der Waals surface area contributed by atoms with E-state index in [0.717, 1.165) is 9.32 Å². The Hall–Kier alpha value is -1.08. The van der Waals surface area contributed by atoms with Crippen LogP contribution in [0.4, 0.5) is 0 Å². The second kappa shape index (κ2) is 4.89. The monoisotopic (exact) mass is 374 g/mol. The fourth-order valence-electron chi connectivity index (χ4n) is 1.66. The third kappa shape index (κ3) is 2.24. The second-order valence-electron chi connectivity index (χ2n) is 3.73. The molecule has 2 heterocycles. The normalized spacial score (nSPS) is 17.6. The van der Waals surface area contributed by atoms with Gasteiger partial charge in [-0.05, 0) is 34.7 Å². The van der Waals surface area contributed by atoms with Gasteiger partial charge in [0.1, 0.15) is 11.8 Å². The van der Waals surface area contributed by atoms with Crippen LogP contribution in [-0.4, -0.2) is 16.6 Å². The van der Waals surface area contributed by atoms with Crippen LogP contribution in [0.25, 0.3) is 0 Å². The van der Waals surface area contributed by atoms with E-state index in [-0.39, 0.29) is 6.10 Å². The number of fused-ring (bicyclic) bond motifs is 1. The van der Waals surface area contributed by atoms with Gasteiger partial charge in [0.05, 0.1) is 3.57 Å². The number of aromatic nitrogens is 2. The van der Waals surface area contributed by atoms with Gasteiger partial charge in [0, 0.05) is 6.20 Å². The van der Waals surface area contributed by atoms with E-state index in [9.17, 15) is 0 Å². The smallest absolute Gasteiger partial charge is 0.192 e. The van der Waals surface area contributed by atoms with Crippen molar-refractivity contribution in [3.05, 3.63) is 45.0 Å². The van der Waals surface area contributed by atoms with E-state index in [1.165, 1.54) is 0 Å². The van der Waals surface area contributed by atoms with Gasteiger partial charge in [0.15, 0.2) is 23.4 Å². The van der Waals surface area contributed by atoms with Crippen molar-refractivity contribution in [1.29, 1.82) is 0 Å². The molecule has 1 unspecified atom stereocenters. The van der Waals surface area contributed by atoms with Crippen LogP contribution in [0.2, 0.25) is 5.15 Å². The van der Waals surface area contributed by atoms with Crippen LogP contribution < -0.4 is 9.47 Å². The van der Waals surface area contributed by atoms with Gasteiger partial charge in [-0.1, -0.05) is 23.7 Å². The average molecular weight is 375 g/mol. The molecule has 1 aliphatic rings. The van der Waals surface area contributed by atoms with Crippen molar-refractivity contribution >= 4 is 34.2 Å². The molecule has 1 aromatic heterocycles. The molecular weight excluding hydrogens is 367 g/mol. The van der Waals surface area contributed by atoms with Crippen LogP contribution in [0.15, 0.2) is 30.5 Å². The first kappa shape index (κ1) is 12.0. The van der Waals surface area contributed by atoms with Crippen LogP contribution in [0.5, 0.6) is 11.5 Å². The maximum absolute atomic E-state index is 5.98. The fraction of sp³-hybridized carbons (Fsp3) is 0.167. The zero-order valence-electron chi connectivity index (χ0n) is 9.14. The quantitative estimate of drug-likeness (QED) is 0.568. The Bertz CT molecular complexity index is 594. The summed E-state index contributed by atoms with van der Waals surface area (Å²) in [5.41, 5.74) is 0. The summed E-state index contributed by atoms with van der Waals surface area (Å²) in [7, 11) is 0. The van der Waals surface area contributed by atoms with E-state index in [2.05, 4.69) is 32.6 Å². The first-order valence-electron chi connectivity index (χ1n) is 5.30. The minimum atomic E-state index is -0.325. The molecule has 0 saturated carbocycles. The third-order valence-electron chi connectivity index (χ3n) is 2.52. The standard InChI is InChI=1S/C12H8ClIN2O2/c13-11-7(14)5-15-12(16-11)10-6-17-8-3-1-2-4-9(8)18-10/h1-5,10H,6H2. The van der Waals surface area contributed by atoms with E-state index in [4.69, 9.17) is 21.1 Å². The number of nitrogens with zero attached hydrogens (tertiary/aromatic N) is 2. The number of benzene rings is 1. The minimum Gasteiger partial charge on any atom is -0.485 e. The first-order valence-corrected chi connectivity index (χ1v) is 6.76. The van der Waals surface area contributed by atoms with Crippen LogP contribution in [0.3, 0.4) is 0 Å². The van der Waals surface area contributed by atoms with Crippen LogP contribution in [0, 0.1) is 3.57 Å². The summed E-state index contributed by atoms with van der Waals surface area (Å²) in [6, 6.07) is 7.52.